The van der Waals surface area contributed by atoms with E-state index in [9.17, 15) is 0 Å². The lowest BCUT2D eigenvalue weighted by molar-refractivity contribution is 0.857. The van der Waals surface area contributed by atoms with Gasteiger partial charge in [-0.2, -0.15) is 0 Å². The number of aromatic nitrogens is 1. The van der Waals surface area contributed by atoms with Gasteiger partial charge in [-0.05, 0) is 24.6 Å². The lowest BCUT2D eigenvalue weighted by Gasteiger charge is -2.09. The number of nitrogens with two attached hydrogens (primary N) is 1. The summed E-state index contributed by atoms with van der Waals surface area (Å²) in [5, 5.41) is 3.69. The van der Waals surface area contributed by atoms with E-state index in [1.165, 1.54) is 5.56 Å². The van der Waals surface area contributed by atoms with Gasteiger partial charge in [-0.15, -0.1) is 11.3 Å². The molecule has 106 valence electrons. The normalized spacial score (nSPS) is 12.3. The van der Waals surface area contributed by atoms with Crippen LogP contribution in [0.3, 0.4) is 0 Å². The molecule has 0 radical (unpaired) electrons. The number of hydrogen-bond acceptors (Lipinski definition) is 3. The first-order valence-corrected chi connectivity index (χ1v) is 7.93. The van der Waals surface area contributed by atoms with Crippen molar-refractivity contribution in [1.29, 1.82) is 0 Å². The van der Waals surface area contributed by atoms with Gasteiger partial charge >= 0.3 is 0 Å². The SMILES string of the molecule is Cc1cccc(C(N)c2nc(-c3ccc(Cl)cc3)cs2)c1. The zero-order chi connectivity index (χ0) is 14.8. The molecule has 0 bridgehead atoms. The number of hydrogen-bond donors (Lipinski definition) is 1. The molecule has 0 aliphatic heterocycles. The summed E-state index contributed by atoms with van der Waals surface area (Å²) in [6, 6.07) is 15.7. The molecular formula is C17H15ClN2S. The molecule has 1 atom stereocenters. The Bertz CT molecular complexity index is 749. The Morgan fingerprint density at radius 1 is 1.14 bits per heavy atom. The summed E-state index contributed by atoms with van der Waals surface area (Å²) in [7, 11) is 0. The standard InChI is InChI=1S/C17H15ClN2S/c1-11-3-2-4-13(9-11)16(19)17-20-15(10-21-17)12-5-7-14(18)8-6-12/h2-10,16H,19H2,1H3. The summed E-state index contributed by atoms with van der Waals surface area (Å²) in [4.78, 5) is 4.67. The van der Waals surface area contributed by atoms with Crippen LogP contribution in [0.4, 0.5) is 0 Å². The Balaban J connectivity index is 1.89. The highest BCUT2D eigenvalue weighted by atomic mass is 35.5. The zero-order valence-electron chi connectivity index (χ0n) is 11.6. The van der Waals surface area contributed by atoms with Gasteiger partial charge in [0.15, 0.2) is 0 Å². The number of aryl methyl sites for hydroxylation is 1. The van der Waals surface area contributed by atoms with Crippen LogP contribution in [-0.2, 0) is 0 Å². The molecule has 0 aliphatic rings. The van der Waals surface area contributed by atoms with Crippen molar-refractivity contribution in [2.45, 2.75) is 13.0 Å². The van der Waals surface area contributed by atoms with E-state index in [1.807, 2.05) is 41.8 Å². The monoisotopic (exact) mass is 314 g/mol. The predicted octanol–water partition coefficient (Wildman–Crippen LogP) is 4.82. The van der Waals surface area contributed by atoms with Crippen LogP contribution in [0.5, 0.6) is 0 Å². The van der Waals surface area contributed by atoms with Gasteiger partial charge in [-0.1, -0.05) is 53.6 Å². The third-order valence-electron chi connectivity index (χ3n) is 3.33. The Morgan fingerprint density at radius 3 is 2.62 bits per heavy atom. The molecule has 3 rings (SSSR count). The fraction of sp³-hybridized carbons (Fsp3) is 0.118. The summed E-state index contributed by atoms with van der Waals surface area (Å²) in [5.41, 5.74) is 10.6. The number of benzene rings is 2. The summed E-state index contributed by atoms with van der Waals surface area (Å²) in [6.07, 6.45) is 0. The minimum absolute atomic E-state index is 0.184. The molecule has 3 aromatic rings. The van der Waals surface area contributed by atoms with Gasteiger partial charge in [-0.3, -0.25) is 0 Å². The first kappa shape index (κ1) is 14.3. The molecule has 0 saturated carbocycles. The van der Waals surface area contributed by atoms with Crippen LogP contribution in [0.25, 0.3) is 11.3 Å². The van der Waals surface area contributed by atoms with Crippen molar-refractivity contribution < 1.29 is 0 Å². The van der Waals surface area contributed by atoms with Crippen molar-refractivity contribution in [1.82, 2.24) is 4.98 Å². The summed E-state index contributed by atoms with van der Waals surface area (Å²) in [5.74, 6) is 0. The average Bonchev–Trinajstić information content (AvgIpc) is 2.97. The van der Waals surface area contributed by atoms with Crippen LogP contribution in [0.15, 0.2) is 53.9 Å². The number of rotatable bonds is 3. The first-order chi connectivity index (χ1) is 10.1. The Labute approximate surface area is 133 Å². The Kier molecular flexibility index (Phi) is 4.06. The molecule has 4 heteroatoms. The van der Waals surface area contributed by atoms with E-state index < -0.39 is 0 Å². The average molecular weight is 315 g/mol. The van der Waals surface area contributed by atoms with E-state index >= 15 is 0 Å². The van der Waals surface area contributed by atoms with E-state index in [1.54, 1.807) is 11.3 Å². The van der Waals surface area contributed by atoms with Crippen LogP contribution >= 0.6 is 22.9 Å². The van der Waals surface area contributed by atoms with Crippen molar-refractivity contribution in [3.63, 3.8) is 0 Å². The van der Waals surface area contributed by atoms with Crippen LogP contribution in [0, 0.1) is 6.92 Å². The van der Waals surface area contributed by atoms with E-state index in [0.29, 0.717) is 0 Å². The minimum Gasteiger partial charge on any atom is -0.318 e. The van der Waals surface area contributed by atoms with E-state index in [2.05, 4.69) is 24.0 Å². The highest BCUT2D eigenvalue weighted by molar-refractivity contribution is 7.10. The molecule has 2 nitrogen and oxygen atoms in total. The number of thiazole rings is 1. The molecule has 21 heavy (non-hydrogen) atoms. The third-order valence-corrected chi connectivity index (χ3v) is 4.51. The van der Waals surface area contributed by atoms with Crippen LogP contribution in [0.1, 0.15) is 22.2 Å². The van der Waals surface area contributed by atoms with Crippen LogP contribution in [-0.4, -0.2) is 4.98 Å². The quantitative estimate of drug-likeness (QED) is 0.752. The van der Waals surface area contributed by atoms with Crippen molar-refractivity contribution in [2.75, 3.05) is 0 Å². The zero-order valence-corrected chi connectivity index (χ0v) is 13.2. The highest BCUT2D eigenvalue weighted by Gasteiger charge is 2.14. The molecule has 0 aliphatic carbocycles. The lowest BCUT2D eigenvalue weighted by Crippen LogP contribution is -2.11. The molecule has 0 fully saturated rings. The molecule has 0 amide bonds. The van der Waals surface area contributed by atoms with Gasteiger partial charge in [0, 0.05) is 16.0 Å². The Hall–Kier alpha value is -1.68. The molecule has 1 unspecified atom stereocenters. The van der Waals surface area contributed by atoms with Crippen LogP contribution < -0.4 is 5.73 Å². The van der Waals surface area contributed by atoms with Gasteiger partial charge in [0.25, 0.3) is 0 Å². The van der Waals surface area contributed by atoms with Crippen LogP contribution in [0.2, 0.25) is 5.02 Å². The van der Waals surface area contributed by atoms with E-state index in [4.69, 9.17) is 17.3 Å². The molecule has 1 aromatic heterocycles. The maximum absolute atomic E-state index is 6.33. The fourth-order valence-electron chi connectivity index (χ4n) is 2.19. The molecule has 1 heterocycles. The van der Waals surface area contributed by atoms with Gasteiger partial charge in [-0.25, -0.2) is 4.98 Å². The second-order valence-electron chi connectivity index (χ2n) is 4.97. The Morgan fingerprint density at radius 2 is 1.90 bits per heavy atom. The number of nitrogens with zero attached hydrogens (tertiary/aromatic N) is 1. The molecular weight excluding hydrogens is 300 g/mol. The maximum atomic E-state index is 6.33. The fourth-order valence-corrected chi connectivity index (χ4v) is 3.17. The highest BCUT2D eigenvalue weighted by Crippen LogP contribution is 2.28. The molecule has 0 spiro atoms. The van der Waals surface area contributed by atoms with Gasteiger partial charge in [0.1, 0.15) is 5.01 Å². The van der Waals surface area contributed by atoms with Crippen molar-refractivity contribution >= 4 is 22.9 Å². The van der Waals surface area contributed by atoms with Crippen molar-refractivity contribution in [3.8, 4) is 11.3 Å². The maximum Gasteiger partial charge on any atom is 0.115 e. The summed E-state index contributed by atoms with van der Waals surface area (Å²) in [6.45, 7) is 2.07. The van der Waals surface area contributed by atoms with E-state index in [0.717, 1.165) is 26.9 Å². The number of halogens is 1. The van der Waals surface area contributed by atoms with Crippen molar-refractivity contribution in [3.05, 3.63) is 75.1 Å². The summed E-state index contributed by atoms with van der Waals surface area (Å²) >= 11 is 7.50. The van der Waals surface area contributed by atoms with Gasteiger partial charge < -0.3 is 5.73 Å². The smallest absolute Gasteiger partial charge is 0.115 e. The largest absolute Gasteiger partial charge is 0.318 e. The first-order valence-electron chi connectivity index (χ1n) is 6.67. The second-order valence-corrected chi connectivity index (χ2v) is 6.30. The van der Waals surface area contributed by atoms with Gasteiger partial charge in [0.2, 0.25) is 0 Å². The van der Waals surface area contributed by atoms with E-state index in [-0.39, 0.29) is 6.04 Å². The lowest BCUT2D eigenvalue weighted by atomic mass is 10.1. The minimum atomic E-state index is -0.184. The molecule has 0 saturated heterocycles. The van der Waals surface area contributed by atoms with Gasteiger partial charge in [0.05, 0.1) is 11.7 Å². The topological polar surface area (TPSA) is 38.9 Å². The third kappa shape index (κ3) is 3.16. The predicted molar refractivity (Wildman–Crippen MR) is 89.8 cm³/mol. The van der Waals surface area contributed by atoms with Crippen molar-refractivity contribution in [2.24, 2.45) is 5.73 Å². The molecule has 2 aromatic carbocycles. The summed E-state index contributed by atoms with van der Waals surface area (Å²) < 4.78 is 0. The second kappa shape index (κ2) is 5.98. The molecule has 2 N–H and O–H groups in total.